The second-order valence-corrected chi connectivity index (χ2v) is 6.13. The number of nitrogens with zero attached hydrogens (tertiary/aromatic N) is 2. The summed E-state index contributed by atoms with van der Waals surface area (Å²) in [5.41, 5.74) is 2.59. The zero-order chi connectivity index (χ0) is 15.6. The number of rotatable bonds is 2. The number of fused-ring (bicyclic) bond motifs is 1. The van der Waals surface area contributed by atoms with Gasteiger partial charge in [-0.15, -0.1) is 11.3 Å². The van der Waals surface area contributed by atoms with Crippen molar-refractivity contribution in [2.75, 3.05) is 5.32 Å². The predicted octanol–water partition coefficient (Wildman–Crippen LogP) is 3.67. The van der Waals surface area contributed by atoms with Gasteiger partial charge in [0.25, 0.3) is 5.91 Å². The molecule has 0 aliphatic carbocycles. The van der Waals surface area contributed by atoms with Crippen molar-refractivity contribution in [3.05, 3.63) is 82.2 Å². The number of aromatic nitrogens is 1. The lowest BCUT2D eigenvalue weighted by atomic mass is 10.0. The summed E-state index contributed by atoms with van der Waals surface area (Å²) in [6.07, 6.45) is 1.67. The number of thiophene rings is 1. The molecule has 2 aromatic heterocycles. The van der Waals surface area contributed by atoms with Crippen LogP contribution in [0, 0.1) is 0 Å². The van der Waals surface area contributed by atoms with Crippen LogP contribution in [0.5, 0.6) is 0 Å². The first-order valence-electron chi connectivity index (χ1n) is 7.26. The highest BCUT2D eigenvalue weighted by molar-refractivity contribution is 7.10. The van der Waals surface area contributed by atoms with E-state index in [1.807, 2.05) is 60.0 Å². The fourth-order valence-corrected chi connectivity index (χ4v) is 3.36. The van der Waals surface area contributed by atoms with Crippen LogP contribution < -0.4 is 5.32 Å². The number of hydrogen-bond donors (Lipinski definition) is 1. The van der Waals surface area contributed by atoms with Gasteiger partial charge in [-0.25, -0.2) is 4.98 Å². The number of nitrogens with one attached hydrogen (secondary N) is 1. The van der Waals surface area contributed by atoms with E-state index in [2.05, 4.69) is 10.3 Å². The van der Waals surface area contributed by atoms with Gasteiger partial charge in [0.2, 0.25) is 0 Å². The number of carbonyl (C=O) groups excluding carboxylic acids is 1. The van der Waals surface area contributed by atoms with E-state index < -0.39 is 6.04 Å². The van der Waals surface area contributed by atoms with Gasteiger partial charge in [0, 0.05) is 22.2 Å². The molecule has 1 unspecified atom stereocenters. The van der Waals surface area contributed by atoms with E-state index in [9.17, 15) is 4.79 Å². The summed E-state index contributed by atoms with van der Waals surface area (Å²) in [6, 6.07) is 17.0. The Balaban J connectivity index is 1.93. The fourth-order valence-electron chi connectivity index (χ4n) is 2.60. The first-order chi connectivity index (χ1) is 11.3. The van der Waals surface area contributed by atoms with Crippen LogP contribution in [0.3, 0.4) is 0 Å². The second-order valence-electron chi connectivity index (χ2n) is 5.15. The molecule has 0 radical (unpaired) electrons. The molecule has 4 nitrogen and oxygen atoms in total. The topological polar surface area (TPSA) is 54.4 Å². The summed E-state index contributed by atoms with van der Waals surface area (Å²) >= 11 is 1.53. The molecule has 4 rings (SSSR count). The molecule has 112 valence electrons. The Morgan fingerprint density at radius 2 is 1.87 bits per heavy atom. The van der Waals surface area contributed by atoms with Gasteiger partial charge >= 0.3 is 0 Å². The smallest absolute Gasteiger partial charge is 0.255 e. The van der Waals surface area contributed by atoms with Crippen molar-refractivity contribution in [2.24, 2.45) is 4.99 Å². The highest BCUT2D eigenvalue weighted by Gasteiger charge is 2.28. The predicted molar refractivity (Wildman–Crippen MR) is 92.0 cm³/mol. The SMILES string of the molecule is O=C1Nc2ncccc2C(c2ccccc2)=NC1c1cccs1. The normalized spacial score (nSPS) is 17.0. The maximum atomic E-state index is 12.6. The number of hydrogen-bond acceptors (Lipinski definition) is 4. The Labute approximate surface area is 137 Å². The van der Waals surface area contributed by atoms with E-state index in [-0.39, 0.29) is 5.91 Å². The van der Waals surface area contributed by atoms with Gasteiger partial charge in [-0.3, -0.25) is 9.79 Å². The summed E-state index contributed by atoms with van der Waals surface area (Å²) in [4.78, 5) is 22.6. The highest BCUT2D eigenvalue weighted by atomic mass is 32.1. The van der Waals surface area contributed by atoms with Crippen molar-refractivity contribution in [3.63, 3.8) is 0 Å². The molecular weight excluding hydrogens is 306 g/mol. The standard InChI is InChI=1S/C18H13N3OS/c22-18-16(14-9-5-11-23-14)20-15(12-6-2-1-3-7-12)13-8-4-10-19-17(13)21-18/h1-11,16H,(H,19,21,22). The van der Waals surface area contributed by atoms with E-state index in [1.54, 1.807) is 6.20 Å². The second kappa shape index (κ2) is 5.78. The van der Waals surface area contributed by atoms with Gasteiger partial charge in [-0.2, -0.15) is 0 Å². The minimum Gasteiger partial charge on any atom is -0.308 e. The van der Waals surface area contributed by atoms with Crippen LogP contribution in [0.25, 0.3) is 0 Å². The maximum absolute atomic E-state index is 12.6. The highest BCUT2D eigenvalue weighted by Crippen LogP contribution is 2.30. The van der Waals surface area contributed by atoms with Crippen LogP contribution in [0.1, 0.15) is 22.0 Å². The molecule has 5 heteroatoms. The van der Waals surface area contributed by atoms with Crippen molar-refractivity contribution in [3.8, 4) is 0 Å². The quantitative estimate of drug-likeness (QED) is 0.783. The van der Waals surface area contributed by atoms with Crippen LogP contribution in [0.2, 0.25) is 0 Å². The lowest BCUT2D eigenvalue weighted by Crippen LogP contribution is -2.18. The van der Waals surface area contributed by atoms with Crippen molar-refractivity contribution < 1.29 is 4.79 Å². The third-order valence-electron chi connectivity index (χ3n) is 3.67. The van der Waals surface area contributed by atoms with Crippen LogP contribution in [0.4, 0.5) is 5.82 Å². The molecule has 0 saturated heterocycles. The minimum atomic E-state index is -0.556. The number of pyridine rings is 1. The first kappa shape index (κ1) is 13.8. The molecule has 1 aliphatic heterocycles. The largest absolute Gasteiger partial charge is 0.308 e. The van der Waals surface area contributed by atoms with Crippen LogP contribution in [0.15, 0.2) is 71.2 Å². The zero-order valence-electron chi connectivity index (χ0n) is 12.1. The Kier molecular flexibility index (Phi) is 3.48. The molecule has 1 atom stereocenters. The Morgan fingerprint density at radius 3 is 2.65 bits per heavy atom. The molecule has 3 heterocycles. The van der Waals surface area contributed by atoms with Crippen molar-refractivity contribution in [2.45, 2.75) is 6.04 Å². The molecule has 0 fully saturated rings. The maximum Gasteiger partial charge on any atom is 0.255 e. The average Bonchev–Trinajstić information content (AvgIpc) is 3.07. The van der Waals surface area contributed by atoms with Gasteiger partial charge < -0.3 is 5.32 Å². The summed E-state index contributed by atoms with van der Waals surface area (Å²) in [5.74, 6) is 0.400. The molecule has 1 amide bonds. The molecule has 1 N–H and O–H groups in total. The van der Waals surface area contributed by atoms with E-state index in [0.717, 1.165) is 21.7 Å². The van der Waals surface area contributed by atoms with Crippen molar-refractivity contribution >= 4 is 28.8 Å². The lowest BCUT2D eigenvalue weighted by Gasteiger charge is -2.09. The van der Waals surface area contributed by atoms with E-state index >= 15 is 0 Å². The van der Waals surface area contributed by atoms with Gasteiger partial charge in [-0.1, -0.05) is 36.4 Å². The number of amides is 1. The number of anilines is 1. The molecule has 0 bridgehead atoms. The summed E-state index contributed by atoms with van der Waals surface area (Å²) in [7, 11) is 0. The number of benzene rings is 1. The van der Waals surface area contributed by atoms with Crippen molar-refractivity contribution in [1.29, 1.82) is 0 Å². The minimum absolute atomic E-state index is 0.154. The Bertz CT molecular complexity index is 872. The van der Waals surface area contributed by atoms with Crippen LogP contribution in [-0.4, -0.2) is 16.6 Å². The van der Waals surface area contributed by atoms with Gasteiger partial charge in [-0.05, 0) is 23.6 Å². The molecule has 0 spiro atoms. The fraction of sp³-hybridized carbons (Fsp3) is 0.0556. The van der Waals surface area contributed by atoms with Crippen molar-refractivity contribution in [1.82, 2.24) is 4.98 Å². The molecule has 3 aromatic rings. The lowest BCUT2D eigenvalue weighted by molar-refractivity contribution is -0.117. The van der Waals surface area contributed by atoms with Crippen LogP contribution in [-0.2, 0) is 4.79 Å². The zero-order valence-corrected chi connectivity index (χ0v) is 13.0. The van der Waals surface area contributed by atoms with Gasteiger partial charge in [0.1, 0.15) is 5.82 Å². The summed E-state index contributed by atoms with van der Waals surface area (Å²) in [5, 5.41) is 4.86. The third kappa shape index (κ3) is 2.55. The van der Waals surface area contributed by atoms with E-state index in [1.165, 1.54) is 11.3 Å². The Hall–Kier alpha value is -2.79. The van der Waals surface area contributed by atoms with Gasteiger partial charge in [0.05, 0.1) is 5.71 Å². The summed E-state index contributed by atoms with van der Waals surface area (Å²) in [6.45, 7) is 0. The monoisotopic (exact) mass is 319 g/mol. The van der Waals surface area contributed by atoms with Gasteiger partial charge in [0.15, 0.2) is 6.04 Å². The molecular formula is C18H13N3OS. The molecule has 23 heavy (non-hydrogen) atoms. The van der Waals surface area contributed by atoms with E-state index in [0.29, 0.717) is 5.82 Å². The summed E-state index contributed by atoms with van der Waals surface area (Å²) < 4.78 is 0. The number of carbonyl (C=O) groups is 1. The average molecular weight is 319 g/mol. The molecule has 1 aliphatic rings. The van der Waals surface area contributed by atoms with E-state index in [4.69, 9.17) is 4.99 Å². The molecule has 0 saturated carbocycles. The Morgan fingerprint density at radius 1 is 1.00 bits per heavy atom. The molecule has 1 aromatic carbocycles. The third-order valence-corrected chi connectivity index (χ3v) is 4.60. The van der Waals surface area contributed by atoms with Crippen LogP contribution >= 0.6 is 11.3 Å². The number of aliphatic imine (C=N–C) groups is 1. The first-order valence-corrected chi connectivity index (χ1v) is 8.14.